The van der Waals surface area contributed by atoms with Crippen molar-refractivity contribution in [2.45, 2.75) is 19.6 Å². The maximum Gasteiger partial charge on any atom is 0.218 e. The number of nitrogens with zero attached hydrogens (tertiary/aromatic N) is 2. The van der Waals surface area contributed by atoms with Crippen LogP contribution < -0.4 is 0 Å². The van der Waals surface area contributed by atoms with Crippen LogP contribution in [0.1, 0.15) is 27.0 Å². The predicted octanol–water partition coefficient (Wildman–Crippen LogP) is 2.63. The van der Waals surface area contributed by atoms with Crippen LogP contribution in [-0.4, -0.2) is 56.1 Å². The minimum absolute atomic E-state index is 0.0248. The molecule has 0 amide bonds. The number of sulfonamides is 1. The van der Waals surface area contributed by atoms with Gasteiger partial charge in [0.05, 0.1) is 12.3 Å². The molecule has 0 bridgehead atoms. The molecule has 1 aliphatic rings. The fourth-order valence-electron chi connectivity index (χ4n) is 3.30. The molecule has 1 heterocycles. The standard InChI is InChI=1S/C21H26N2O3S/c1-17-6-8-20(9-7-17)21(24)15-22-10-12-23(13-11-22)27(25,26)16-19-5-3-4-18(2)14-19/h3-9,14H,10-13,15-16H2,1-2H3. The Morgan fingerprint density at radius 3 is 2.22 bits per heavy atom. The summed E-state index contributed by atoms with van der Waals surface area (Å²) in [6.07, 6.45) is 0. The number of carbonyl (C=O) groups excluding carboxylic acids is 1. The highest BCUT2D eigenvalue weighted by molar-refractivity contribution is 7.88. The lowest BCUT2D eigenvalue weighted by Crippen LogP contribution is -2.50. The van der Waals surface area contributed by atoms with E-state index in [1.54, 1.807) is 4.31 Å². The zero-order valence-electron chi connectivity index (χ0n) is 15.9. The number of hydrogen-bond donors (Lipinski definition) is 0. The Bertz CT molecular complexity index is 899. The van der Waals surface area contributed by atoms with Gasteiger partial charge in [-0.1, -0.05) is 59.7 Å². The summed E-state index contributed by atoms with van der Waals surface area (Å²) >= 11 is 0. The van der Waals surface area contributed by atoms with Crippen LogP contribution in [0.25, 0.3) is 0 Å². The average molecular weight is 387 g/mol. The first-order valence-corrected chi connectivity index (χ1v) is 10.8. The lowest BCUT2D eigenvalue weighted by Gasteiger charge is -2.33. The second-order valence-electron chi connectivity index (χ2n) is 7.21. The first-order chi connectivity index (χ1) is 12.8. The van der Waals surface area contributed by atoms with E-state index in [9.17, 15) is 13.2 Å². The molecule has 0 unspecified atom stereocenters. The second-order valence-corrected chi connectivity index (χ2v) is 9.18. The SMILES string of the molecule is Cc1ccc(C(=O)CN2CCN(S(=O)(=O)Cc3cccc(C)c3)CC2)cc1. The molecule has 144 valence electrons. The van der Waals surface area contributed by atoms with Crippen LogP contribution in [0.2, 0.25) is 0 Å². The molecule has 6 heteroatoms. The predicted molar refractivity (Wildman–Crippen MR) is 107 cm³/mol. The fraction of sp³-hybridized carbons (Fsp3) is 0.381. The third kappa shape index (κ3) is 5.25. The van der Waals surface area contributed by atoms with Crippen molar-refractivity contribution in [3.8, 4) is 0 Å². The maximum absolute atomic E-state index is 12.7. The van der Waals surface area contributed by atoms with Gasteiger partial charge in [0, 0.05) is 31.7 Å². The van der Waals surface area contributed by atoms with E-state index in [1.165, 1.54) is 0 Å². The summed E-state index contributed by atoms with van der Waals surface area (Å²) in [5.74, 6) is 0.0998. The molecule has 1 aliphatic heterocycles. The van der Waals surface area contributed by atoms with Crippen molar-refractivity contribution in [1.82, 2.24) is 9.21 Å². The van der Waals surface area contributed by atoms with Crippen molar-refractivity contribution in [2.75, 3.05) is 32.7 Å². The molecule has 5 nitrogen and oxygen atoms in total. The monoisotopic (exact) mass is 386 g/mol. The van der Waals surface area contributed by atoms with Crippen molar-refractivity contribution < 1.29 is 13.2 Å². The Morgan fingerprint density at radius 1 is 0.926 bits per heavy atom. The smallest absolute Gasteiger partial charge is 0.218 e. The summed E-state index contributed by atoms with van der Waals surface area (Å²) < 4.78 is 26.9. The van der Waals surface area contributed by atoms with E-state index < -0.39 is 10.0 Å². The first-order valence-electron chi connectivity index (χ1n) is 9.19. The Hall–Kier alpha value is -2.02. The third-order valence-electron chi connectivity index (χ3n) is 4.90. The zero-order valence-corrected chi connectivity index (χ0v) is 16.7. The minimum Gasteiger partial charge on any atom is -0.293 e. The number of benzene rings is 2. The fourth-order valence-corrected chi connectivity index (χ4v) is 4.81. The van der Waals surface area contributed by atoms with E-state index in [-0.39, 0.29) is 11.5 Å². The molecule has 0 aromatic heterocycles. The van der Waals surface area contributed by atoms with Gasteiger partial charge in [-0.15, -0.1) is 0 Å². The van der Waals surface area contributed by atoms with E-state index in [0.717, 1.165) is 16.7 Å². The molecule has 2 aromatic rings. The van der Waals surface area contributed by atoms with Crippen molar-refractivity contribution >= 4 is 15.8 Å². The Morgan fingerprint density at radius 2 is 1.59 bits per heavy atom. The lowest BCUT2D eigenvalue weighted by atomic mass is 10.1. The van der Waals surface area contributed by atoms with E-state index in [4.69, 9.17) is 0 Å². The summed E-state index contributed by atoms with van der Waals surface area (Å²) in [4.78, 5) is 14.4. The van der Waals surface area contributed by atoms with Gasteiger partial charge in [0.1, 0.15) is 0 Å². The van der Waals surface area contributed by atoms with E-state index in [0.29, 0.717) is 38.3 Å². The van der Waals surface area contributed by atoms with Crippen molar-refractivity contribution in [2.24, 2.45) is 0 Å². The van der Waals surface area contributed by atoms with E-state index in [1.807, 2.05) is 67.3 Å². The molecule has 0 radical (unpaired) electrons. The Balaban J connectivity index is 1.55. The molecule has 1 saturated heterocycles. The van der Waals surface area contributed by atoms with E-state index in [2.05, 4.69) is 0 Å². The summed E-state index contributed by atoms with van der Waals surface area (Å²) in [5, 5.41) is 0. The number of hydrogen-bond acceptors (Lipinski definition) is 4. The number of piperazine rings is 1. The summed E-state index contributed by atoms with van der Waals surface area (Å²) in [6, 6.07) is 15.2. The maximum atomic E-state index is 12.7. The minimum atomic E-state index is -3.34. The summed E-state index contributed by atoms with van der Waals surface area (Å²) in [5.41, 5.74) is 3.70. The van der Waals surface area contributed by atoms with Gasteiger partial charge in [-0.2, -0.15) is 4.31 Å². The number of carbonyl (C=O) groups is 1. The van der Waals surface area contributed by atoms with Gasteiger partial charge in [-0.05, 0) is 19.4 Å². The Kier molecular flexibility index (Phi) is 6.09. The van der Waals surface area contributed by atoms with Gasteiger partial charge in [0.15, 0.2) is 5.78 Å². The molecule has 27 heavy (non-hydrogen) atoms. The molecule has 0 N–H and O–H groups in total. The highest BCUT2D eigenvalue weighted by atomic mass is 32.2. The average Bonchev–Trinajstić information content (AvgIpc) is 2.62. The van der Waals surface area contributed by atoms with E-state index >= 15 is 0 Å². The van der Waals surface area contributed by atoms with Crippen LogP contribution in [0.3, 0.4) is 0 Å². The van der Waals surface area contributed by atoms with Crippen molar-refractivity contribution in [3.63, 3.8) is 0 Å². The highest BCUT2D eigenvalue weighted by Crippen LogP contribution is 2.15. The van der Waals surface area contributed by atoms with Gasteiger partial charge in [0.2, 0.25) is 10.0 Å². The molecular formula is C21H26N2O3S. The van der Waals surface area contributed by atoms with Gasteiger partial charge in [0.25, 0.3) is 0 Å². The Labute approximate surface area is 161 Å². The summed E-state index contributed by atoms with van der Waals surface area (Å²) in [7, 11) is -3.34. The topological polar surface area (TPSA) is 57.7 Å². The van der Waals surface area contributed by atoms with Crippen LogP contribution in [0.5, 0.6) is 0 Å². The lowest BCUT2D eigenvalue weighted by molar-refractivity contribution is 0.0901. The molecule has 0 aliphatic carbocycles. The molecule has 0 atom stereocenters. The van der Waals surface area contributed by atoms with Gasteiger partial charge in [-0.3, -0.25) is 9.69 Å². The van der Waals surface area contributed by atoms with Gasteiger partial charge >= 0.3 is 0 Å². The molecular weight excluding hydrogens is 360 g/mol. The normalized spacial score (nSPS) is 16.4. The van der Waals surface area contributed by atoms with Gasteiger partial charge in [-0.25, -0.2) is 8.42 Å². The van der Waals surface area contributed by atoms with Crippen molar-refractivity contribution in [1.29, 1.82) is 0 Å². The second kappa shape index (κ2) is 8.33. The van der Waals surface area contributed by atoms with Crippen molar-refractivity contribution in [3.05, 3.63) is 70.8 Å². The molecule has 0 saturated carbocycles. The number of ketones is 1. The first kappa shape index (κ1) is 19.7. The molecule has 3 rings (SSSR count). The van der Waals surface area contributed by atoms with Crippen LogP contribution >= 0.6 is 0 Å². The quantitative estimate of drug-likeness (QED) is 0.716. The largest absolute Gasteiger partial charge is 0.293 e. The van der Waals surface area contributed by atoms with Gasteiger partial charge < -0.3 is 0 Å². The number of Topliss-reactive ketones (excluding diaryl/α,β-unsaturated/α-hetero) is 1. The highest BCUT2D eigenvalue weighted by Gasteiger charge is 2.28. The molecule has 1 fully saturated rings. The third-order valence-corrected chi connectivity index (χ3v) is 6.75. The molecule has 0 spiro atoms. The zero-order chi connectivity index (χ0) is 19.4. The number of aryl methyl sites for hydroxylation is 2. The molecule has 2 aromatic carbocycles. The van der Waals surface area contributed by atoms with Crippen LogP contribution in [-0.2, 0) is 15.8 Å². The van der Waals surface area contributed by atoms with Crippen LogP contribution in [0.4, 0.5) is 0 Å². The van der Waals surface area contributed by atoms with Crippen LogP contribution in [0.15, 0.2) is 48.5 Å². The number of rotatable bonds is 6. The summed E-state index contributed by atoms with van der Waals surface area (Å²) in [6.45, 7) is 6.28. The van der Waals surface area contributed by atoms with Crippen LogP contribution in [0, 0.1) is 13.8 Å².